The first-order valence-electron chi connectivity index (χ1n) is 11.8. The minimum Gasteiger partial charge on any atom is -0.481 e. The van der Waals surface area contributed by atoms with Gasteiger partial charge in [0, 0.05) is 23.4 Å². The van der Waals surface area contributed by atoms with Crippen LogP contribution in [0.15, 0.2) is 52.9 Å². The standard InChI is InChI=1S/C28H28N2O6/c1-13-9-14(2)22(15(3)10-13)20-11-19-25(28(33)36-20)24(23(16(4)29-19)27(32)34-5)17-7-6-8-18-26(17)35-12-21(31)30-18/h6-10,20,24,29H,11-12H2,1-5H3,(H,30,31). The summed E-state index contributed by atoms with van der Waals surface area (Å²) in [6, 6.07) is 9.43. The van der Waals surface area contributed by atoms with Gasteiger partial charge in [0.15, 0.2) is 6.61 Å². The summed E-state index contributed by atoms with van der Waals surface area (Å²) in [6.45, 7) is 7.71. The summed E-state index contributed by atoms with van der Waals surface area (Å²) in [5.74, 6) is -1.70. The van der Waals surface area contributed by atoms with Crippen LogP contribution >= 0.6 is 0 Å². The van der Waals surface area contributed by atoms with Crippen molar-refractivity contribution in [1.29, 1.82) is 0 Å². The van der Waals surface area contributed by atoms with Crippen LogP contribution in [0.1, 0.15) is 53.2 Å². The number of carbonyl (C=O) groups excluding carboxylic acids is 3. The number of dihydropyridines is 1. The van der Waals surface area contributed by atoms with E-state index in [9.17, 15) is 14.4 Å². The number of amides is 1. The van der Waals surface area contributed by atoms with Crippen LogP contribution in [0.2, 0.25) is 0 Å². The van der Waals surface area contributed by atoms with Gasteiger partial charge in [-0.15, -0.1) is 0 Å². The molecule has 1 amide bonds. The molecule has 8 heteroatoms. The van der Waals surface area contributed by atoms with Crippen molar-refractivity contribution in [2.75, 3.05) is 19.0 Å². The zero-order valence-corrected chi connectivity index (χ0v) is 20.9. The molecule has 3 aliphatic rings. The fraction of sp³-hybridized carbons (Fsp3) is 0.321. The molecule has 3 heterocycles. The highest BCUT2D eigenvalue weighted by Crippen LogP contribution is 2.49. The second-order valence-corrected chi connectivity index (χ2v) is 9.45. The summed E-state index contributed by atoms with van der Waals surface area (Å²) in [4.78, 5) is 38.5. The molecule has 0 bridgehead atoms. The Morgan fingerprint density at radius 2 is 1.78 bits per heavy atom. The number of nitrogens with one attached hydrogen (secondary N) is 2. The smallest absolute Gasteiger partial charge is 0.337 e. The number of cyclic esters (lactones) is 1. The molecule has 8 nitrogen and oxygen atoms in total. The Kier molecular flexibility index (Phi) is 5.82. The third kappa shape index (κ3) is 3.82. The minimum atomic E-state index is -0.785. The molecule has 0 fully saturated rings. The molecule has 0 spiro atoms. The SMILES string of the molecule is COC(=O)C1=C(C)NC2=C(C(=O)OC(c3c(C)cc(C)cc3C)C2)C1c1cccc2c1OCC(=O)N2. The van der Waals surface area contributed by atoms with Crippen LogP contribution in [0.4, 0.5) is 5.69 Å². The van der Waals surface area contributed by atoms with E-state index in [2.05, 4.69) is 22.8 Å². The van der Waals surface area contributed by atoms with Crippen LogP contribution in [0.5, 0.6) is 5.75 Å². The number of hydrogen-bond donors (Lipinski definition) is 2. The van der Waals surface area contributed by atoms with Gasteiger partial charge in [0.05, 0.1) is 29.9 Å². The summed E-state index contributed by atoms with van der Waals surface area (Å²) in [7, 11) is 1.30. The summed E-state index contributed by atoms with van der Waals surface area (Å²) in [5, 5.41) is 6.09. The number of aryl methyl sites for hydroxylation is 3. The van der Waals surface area contributed by atoms with Crippen molar-refractivity contribution in [3.8, 4) is 5.75 Å². The number of para-hydroxylation sites is 1. The Bertz CT molecular complexity index is 1360. The molecule has 2 atom stereocenters. The Morgan fingerprint density at radius 3 is 2.47 bits per heavy atom. The van der Waals surface area contributed by atoms with E-state index in [0.29, 0.717) is 46.0 Å². The molecular formula is C28H28N2O6. The molecule has 0 saturated carbocycles. The molecule has 0 saturated heterocycles. The highest BCUT2D eigenvalue weighted by Gasteiger charge is 2.44. The second-order valence-electron chi connectivity index (χ2n) is 9.45. The van der Waals surface area contributed by atoms with Crippen LogP contribution in [-0.4, -0.2) is 31.6 Å². The number of esters is 2. The molecule has 2 aromatic carbocycles. The van der Waals surface area contributed by atoms with E-state index < -0.39 is 24.0 Å². The lowest BCUT2D eigenvalue weighted by molar-refractivity contribution is -0.147. The first-order chi connectivity index (χ1) is 17.2. The molecule has 2 aromatic rings. The van der Waals surface area contributed by atoms with Gasteiger partial charge in [-0.05, 0) is 50.5 Å². The van der Waals surface area contributed by atoms with Gasteiger partial charge in [-0.1, -0.05) is 29.8 Å². The molecule has 0 aliphatic carbocycles. The number of ether oxygens (including phenoxy) is 3. The van der Waals surface area contributed by atoms with Crippen molar-refractivity contribution in [3.63, 3.8) is 0 Å². The predicted octanol–water partition coefficient (Wildman–Crippen LogP) is 4.02. The summed E-state index contributed by atoms with van der Waals surface area (Å²) < 4.78 is 16.9. The van der Waals surface area contributed by atoms with Crippen molar-refractivity contribution < 1.29 is 28.6 Å². The van der Waals surface area contributed by atoms with Gasteiger partial charge in [0.1, 0.15) is 11.9 Å². The van der Waals surface area contributed by atoms with Crippen molar-refractivity contribution in [2.45, 2.75) is 46.1 Å². The van der Waals surface area contributed by atoms with Gasteiger partial charge < -0.3 is 24.8 Å². The fourth-order valence-electron chi connectivity index (χ4n) is 5.64. The first-order valence-corrected chi connectivity index (χ1v) is 11.8. The van der Waals surface area contributed by atoms with Gasteiger partial charge in [0.25, 0.3) is 5.91 Å². The number of methoxy groups -OCH3 is 1. The van der Waals surface area contributed by atoms with Crippen LogP contribution in [0.3, 0.4) is 0 Å². The highest BCUT2D eigenvalue weighted by molar-refractivity contribution is 6.02. The maximum atomic E-state index is 13.7. The highest BCUT2D eigenvalue weighted by atomic mass is 16.5. The Balaban J connectivity index is 1.65. The third-order valence-corrected chi connectivity index (χ3v) is 6.95. The van der Waals surface area contributed by atoms with E-state index in [1.165, 1.54) is 7.11 Å². The normalized spacial score (nSPS) is 21.0. The number of hydrogen-bond acceptors (Lipinski definition) is 7. The fourth-order valence-corrected chi connectivity index (χ4v) is 5.64. The van der Waals surface area contributed by atoms with Gasteiger partial charge in [-0.25, -0.2) is 9.59 Å². The average molecular weight is 489 g/mol. The van der Waals surface area contributed by atoms with E-state index in [1.807, 2.05) is 20.8 Å². The molecule has 2 N–H and O–H groups in total. The van der Waals surface area contributed by atoms with Crippen LogP contribution in [0, 0.1) is 20.8 Å². The predicted molar refractivity (Wildman–Crippen MR) is 132 cm³/mol. The van der Waals surface area contributed by atoms with E-state index in [4.69, 9.17) is 14.2 Å². The molecule has 36 heavy (non-hydrogen) atoms. The maximum absolute atomic E-state index is 13.7. The zero-order valence-electron chi connectivity index (χ0n) is 20.9. The monoisotopic (exact) mass is 488 g/mol. The molecule has 3 aliphatic heterocycles. The summed E-state index contributed by atoms with van der Waals surface area (Å²) >= 11 is 0. The number of benzene rings is 2. The van der Waals surface area contributed by atoms with Gasteiger partial charge in [-0.3, -0.25) is 4.79 Å². The number of rotatable bonds is 3. The minimum absolute atomic E-state index is 0.157. The molecule has 0 radical (unpaired) electrons. The van der Waals surface area contributed by atoms with Crippen LogP contribution < -0.4 is 15.4 Å². The summed E-state index contributed by atoms with van der Waals surface area (Å²) in [6.07, 6.45) is -0.0292. The zero-order chi connectivity index (χ0) is 25.7. The Labute approximate surface area is 209 Å². The van der Waals surface area contributed by atoms with Crippen LogP contribution in [0.25, 0.3) is 0 Å². The van der Waals surface area contributed by atoms with Gasteiger partial charge >= 0.3 is 11.9 Å². The molecule has 0 aromatic heterocycles. The second kappa shape index (κ2) is 8.86. The van der Waals surface area contributed by atoms with Crippen molar-refractivity contribution >= 4 is 23.5 Å². The lowest BCUT2D eigenvalue weighted by Gasteiger charge is -2.37. The Morgan fingerprint density at radius 1 is 1.06 bits per heavy atom. The first kappa shape index (κ1) is 23.7. The van der Waals surface area contributed by atoms with E-state index in [-0.39, 0.29) is 12.5 Å². The Hall–Kier alpha value is -4.07. The van der Waals surface area contributed by atoms with Gasteiger partial charge in [-0.2, -0.15) is 0 Å². The van der Waals surface area contributed by atoms with Crippen LogP contribution in [-0.2, 0) is 23.9 Å². The van der Waals surface area contributed by atoms with Crippen molar-refractivity contribution in [2.24, 2.45) is 0 Å². The summed E-state index contributed by atoms with van der Waals surface area (Å²) in [5.41, 5.74) is 7.25. The number of carbonyl (C=O) groups is 3. The number of allylic oxidation sites excluding steroid dienone is 1. The topological polar surface area (TPSA) is 103 Å². The van der Waals surface area contributed by atoms with Gasteiger partial charge in [0.2, 0.25) is 0 Å². The van der Waals surface area contributed by atoms with E-state index >= 15 is 0 Å². The van der Waals surface area contributed by atoms with E-state index in [1.54, 1.807) is 25.1 Å². The third-order valence-electron chi connectivity index (χ3n) is 6.95. The largest absolute Gasteiger partial charge is 0.481 e. The molecular weight excluding hydrogens is 460 g/mol. The van der Waals surface area contributed by atoms with Crippen molar-refractivity contribution in [3.05, 3.63) is 80.7 Å². The number of anilines is 1. The maximum Gasteiger partial charge on any atom is 0.337 e. The molecule has 186 valence electrons. The van der Waals surface area contributed by atoms with Crippen molar-refractivity contribution in [1.82, 2.24) is 5.32 Å². The lowest BCUT2D eigenvalue weighted by Crippen LogP contribution is -2.37. The number of fused-ring (bicyclic) bond motifs is 1. The van der Waals surface area contributed by atoms with E-state index in [0.717, 1.165) is 22.3 Å². The molecule has 5 rings (SSSR count). The lowest BCUT2D eigenvalue weighted by atomic mass is 9.77. The quantitative estimate of drug-likeness (QED) is 0.629. The average Bonchev–Trinajstić information content (AvgIpc) is 2.81. The molecule has 2 unspecified atom stereocenters.